The van der Waals surface area contributed by atoms with Crippen LogP contribution in [0.1, 0.15) is 24.0 Å². The van der Waals surface area contributed by atoms with Crippen LogP contribution < -0.4 is 10.1 Å². The van der Waals surface area contributed by atoms with Crippen LogP contribution >= 0.6 is 0 Å². The van der Waals surface area contributed by atoms with E-state index in [0.29, 0.717) is 18.0 Å². The minimum Gasteiger partial charge on any atom is -0.437 e. The summed E-state index contributed by atoms with van der Waals surface area (Å²) in [6.45, 7) is 3.46. The zero-order chi connectivity index (χ0) is 20.2. The van der Waals surface area contributed by atoms with Crippen LogP contribution in [0.25, 0.3) is 0 Å². The van der Waals surface area contributed by atoms with Crippen molar-refractivity contribution in [1.82, 2.24) is 9.80 Å². The van der Waals surface area contributed by atoms with E-state index in [0.717, 1.165) is 38.0 Å². The molecule has 1 fully saturated rings. The molecule has 0 radical (unpaired) electrons. The lowest BCUT2D eigenvalue weighted by atomic mass is 10.0. The number of carbonyl (C=O) groups is 2. The predicted molar refractivity (Wildman–Crippen MR) is 109 cm³/mol. The Kier molecular flexibility index (Phi) is 5.67. The average molecular weight is 395 g/mol. The summed E-state index contributed by atoms with van der Waals surface area (Å²) in [6, 6.07) is 15.8. The molecule has 0 unspecified atom stereocenters. The second kappa shape index (κ2) is 8.53. The van der Waals surface area contributed by atoms with Crippen molar-refractivity contribution in [2.24, 2.45) is 0 Å². The predicted octanol–water partition coefficient (Wildman–Crippen LogP) is 3.84. The minimum atomic E-state index is -0.782. The Bertz CT molecular complexity index is 879. The van der Waals surface area contributed by atoms with Crippen molar-refractivity contribution in [3.05, 3.63) is 59.7 Å². The molecule has 29 heavy (non-hydrogen) atoms. The third kappa shape index (κ3) is 4.51. The van der Waals surface area contributed by atoms with Gasteiger partial charge in [0.2, 0.25) is 0 Å². The number of ether oxygens (including phenoxy) is 2. The van der Waals surface area contributed by atoms with E-state index in [1.54, 1.807) is 12.1 Å². The monoisotopic (exact) mass is 395 g/mol. The number of methoxy groups -OCH3 is 1. The number of fused-ring (bicyclic) bond motifs is 1. The van der Waals surface area contributed by atoms with Crippen LogP contribution in [-0.4, -0.2) is 48.2 Å². The fraction of sp³-hybridized carbons (Fsp3) is 0.364. The van der Waals surface area contributed by atoms with E-state index in [1.807, 2.05) is 17.0 Å². The highest BCUT2D eigenvalue weighted by atomic mass is 16.7. The van der Waals surface area contributed by atoms with Gasteiger partial charge in [-0.1, -0.05) is 36.4 Å². The van der Waals surface area contributed by atoms with Crippen LogP contribution in [0.5, 0.6) is 5.75 Å². The summed E-state index contributed by atoms with van der Waals surface area (Å²) in [4.78, 5) is 28.3. The van der Waals surface area contributed by atoms with E-state index >= 15 is 0 Å². The number of urea groups is 1. The van der Waals surface area contributed by atoms with Crippen molar-refractivity contribution in [2.75, 3.05) is 25.5 Å². The Morgan fingerprint density at radius 2 is 1.90 bits per heavy atom. The highest BCUT2D eigenvalue weighted by Gasteiger charge is 2.31. The van der Waals surface area contributed by atoms with Crippen LogP contribution in [0.3, 0.4) is 0 Å². The van der Waals surface area contributed by atoms with Crippen LogP contribution in [0.2, 0.25) is 0 Å². The van der Waals surface area contributed by atoms with Crippen molar-refractivity contribution >= 4 is 17.9 Å². The maximum Gasteiger partial charge on any atom is 0.513 e. The van der Waals surface area contributed by atoms with Crippen molar-refractivity contribution < 1.29 is 19.1 Å². The van der Waals surface area contributed by atoms with Gasteiger partial charge in [-0.3, -0.25) is 4.90 Å². The first kappa shape index (κ1) is 19.3. The molecule has 7 heteroatoms. The van der Waals surface area contributed by atoms with Gasteiger partial charge in [0.1, 0.15) is 5.75 Å². The van der Waals surface area contributed by atoms with Gasteiger partial charge in [0.25, 0.3) is 0 Å². The number of hydrogen-bond donors (Lipinski definition) is 1. The zero-order valence-electron chi connectivity index (χ0n) is 16.5. The first-order valence-corrected chi connectivity index (χ1v) is 9.85. The lowest BCUT2D eigenvalue weighted by molar-refractivity contribution is 0.118. The molecule has 0 atom stereocenters. The summed E-state index contributed by atoms with van der Waals surface area (Å²) in [7, 11) is 1.26. The number of anilines is 1. The molecular formula is C22H25N3O4. The van der Waals surface area contributed by atoms with Gasteiger partial charge in [-0.25, -0.2) is 9.59 Å². The zero-order valence-corrected chi connectivity index (χ0v) is 16.5. The highest BCUT2D eigenvalue weighted by molar-refractivity contribution is 5.93. The van der Waals surface area contributed by atoms with Gasteiger partial charge >= 0.3 is 12.2 Å². The normalized spacial score (nSPS) is 17.4. The quantitative estimate of drug-likeness (QED) is 0.629. The van der Waals surface area contributed by atoms with Gasteiger partial charge in [0.05, 0.1) is 12.8 Å². The van der Waals surface area contributed by atoms with Gasteiger partial charge in [-0.05, 0) is 30.0 Å². The average Bonchev–Trinajstić information content (AvgIpc) is 2.74. The lowest BCUT2D eigenvalue weighted by Crippen LogP contribution is -2.50. The molecule has 152 valence electrons. The highest BCUT2D eigenvalue weighted by Crippen LogP contribution is 2.31. The molecular weight excluding hydrogens is 370 g/mol. The second-order valence-corrected chi connectivity index (χ2v) is 7.43. The van der Waals surface area contributed by atoms with Gasteiger partial charge in [-0.15, -0.1) is 0 Å². The molecule has 0 aliphatic carbocycles. The summed E-state index contributed by atoms with van der Waals surface area (Å²) >= 11 is 0. The lowest BCUT2D eigenvalue weighted by Gasteiger charge is -2.40. The molecule has 0 bridgehead atoms. The summed E-state index contributed by atoms with van der Waals surface area (Å²) in [5.41, 5.74) is 3.00. The molecule has 1 saturated heterocycles. The van der Waals surface area contributed by atoms with E-state index < -0.39 is 6.16 Å². The minimum absolute atomic E-state index is 0.103. The smallest absolute Gasteiger partial charge is 0.437 e. The maximum atomic E-state index is 12.7. The standard InChI is InChI=1S/C22H25N3O4/c1-28-22(27)29-19-8-7-17-15-25(21(26)23-20(17)13-19)18-9-11-24(12-10-18)14-16-5-3-2-4-6-16/h2-8,13,18H,9-12,14-15H2,1H3,(H,23,26). The van der Waals surface area contributed by atoms with Crippen LogP contribution in [-0.2, 0) is 17.8 Å². The number of carbonyl (C=O) groups excluding carboxylic acids is 2. The fourth-order valence-corrected chi connectivity index (χ4v) is 3.98. The van der Waals surface area contributed by atoms with Crippen molar-refractivity contribution in [1.29, 1.82) is 0 Å². The molecule has 0 aromatic heterocycles. The molecule has 1 N–H and O–H groups in total. The Balaban J connectivity index is 1.36. The van der Waals surface area contributed by atoms with Crippen LogP contribution in [0.15, 0.2) is 48.5 Å². The molecule has 2 aliphatic rings. The fourth-order valence-electron chi connectivity index (χ4n) is 3.98. The van der Waals surface area contributed by atoms with Gasteiger partial charge < -0.3 is 19.7 Å². The van der Waals surface area contributed by atoms with Crippen molar-refractivity contribution in [3.8, 4) is 5.75 Å². The molecule has 2 heterocycles. The number of benzene rings is 2. The van der Waals surface area contributed by atoms with E-state index in [-0.39, 0.29) is 12.1 Å². The van der Waals surface area contributed by atoms with Crippen LogP contribution in [0, 0.1) is 0 Å². The number of piperidine rings is 1. The Morgan fingerprint density at radius 3 is 2.62 bits per heavy atom. The SMILES string of the molecule is COC(=O)Oc1ccc2c(c1)NC(=O)N(C1CCN(Cc3ccccc3)CC1)C2. The number of likely N-dealkylation sites (tertiary alicyclic amines) is 1. The van der Waals surface area contributed by atoms with E-state index in [9.17, 15) is 9.59 Å². The molecule has 2 aliphatic heterocycles. The third-order valence-corrected chi connectivity index (χ3v) is 5.54. The van der Waals surface area contributed by atoms with E-state index in [1.165, 1.54) is 12.7 Å². The number of rotatable bonds is 4. The largest absolute Gasteiger partial charge is 0.513 e. The first-order chi connectivity index (χ1) is 14.1. The van der Waals surface area contributed by atoms with Gasteiger partial charge in [-0.2, -0.15) is 0 Å². The summed E-state index contributed by atoms with van der Waals surface area (Å²) in [5, 5.41) is 2.93. The van der Waals surface area contributed by atoms with Crippen molar-refractivity contribution in [3.63, 3.8) is 0 Å². The van der Waals surface area contributed by atoms with Crippen molar-refractivity contribution in [2.45, 2.75) is 32.0 Å². The number of nitrogens with one attached hydrogen (secondary N) is 1. The molecule has 2 aromatic rings. The molecule has 2 aromatic carbocycles. The first-order valence-electron chi connectivity index (χ1n) is 9.85. The molecule has 0 spiro atoms. The molecule has 2 amide bonds. The molecule has 0 saturated carbocycles. The summed E-state index contributed by atoms with van der Waals surface area (Å²) in [5.74, 6) is 0.346. The summed E-state index contributed by atoms with van der Waals surface area (Å²) in [6.07, 6.45) is 1.13. The van der Waals surface area contributed by atoms with Gasteiger partial charge in [0.15, 0.2) is 0 Å². The van der Waals surface area contributed by atoms with Crippen LogP contribution in [0.4, 0.5) is 15.3 Å². The Hall–Kier alpha value is -3.06. The second-order valence-electron chi connectivity index (χ2n) is 7.43. The number of nitrogens with zero attached hydrogens (tertiary/aromatic N) is 2. The summed E-state index contributed by atoms with van der Waals surface area (Å²) < 4.78 is 9.54. The molecule has 4 rings (SSSR count). The Labute approximate surface area is 170 Å². The Morgan fingerprint density at radius 1 is 1.14 bits per heavy atom. The topological polar surface area (TPSA) is 71.1 Å². The van der Waals surface area contributed by atoms with E-state index in [2.05, 4.69) is 39.2 Å². The third-order valence-electron chi connectivity index (χ3n) is 5.54. The van der Waals surface area contributed by atoms with Gasteiger partial charge in [0, 0.05) is 38.3 Å². The number of amides is 2. The number of hydrogen-bond acceptors (Lipinski definition) is 5. The van der Waals surface area contributed by atoms with E-state index in [4.69, 9.17) is 4.74 Å². The maximum absolute atomic E-state index is 12.7. The molecule has 7 nitrogen and oxygen atoms in total.